The van der Waals surface area contributed by atoms with Crippen molar-refractivity contribution in [3.63, 3.8) is 0 Å². The van der Waals surface area contributed by atoms with Crippen molar-refractivity contribution in [1.82, 2.24) is 0 Å². The highest BCUT2D eigenvalue weighted by atomic mass is 16.3. The summed E-state index contributed by atoms with van der Waals surface area (Å²) in [5, 5.41) is 2.92. The molecule has 0 aliphatic heterocycles. The number of furan rings is 1. The molecule has 0 aliphatic carbocycles. The van der Waals surface area contributed by atoms with Gasteiger partial charge in [0, 0.05) is 36.8 Å². The van der Waals surface area contributed by atoms with Gasteiger partial charge in [-0.15, -0.1) is 0 Å². The largest absolute Gasteiger partial charge is 0.469 e. The molecule has 1 aromatic heterocycles. The lowest BCUT2D eigenvalue weighted by atomic mass is 10.2. The van der Waals surface area contributed by atoms with Gasteiger partial charge >= 0.3 is 0 Å². The van der Waals surface area contributed by atoms with Crippen LogP contribution in [-0.2, 0) is 11.2 Å². The molecule has 0 saturated heterocycles. The molecular formula is C18H24N2O2. The molecule has 0 bridgehead atoms. The summed E-state index contributed by atoms with van der Waals surface area (Å²) in [4.78, 5) is 14.2. The van der Waals surface area contributed by atoms with Gasteiger partial charge in [0.15, 0.2) is 0 Å². The fourth-order valence-electron chi connectivity index (χ4n) is 2.50. The predicted molar refractivity (Wildman–Crippen MR) is 90.3 cm³/mol. The fraction of sp³-hybridized carbons (Fsp3) is 0.389. The van der Waals surface area contributed by atoms with Gasteiger partial charge in [0.05, 0.1) is 6.26 Å². The summed E-state index contributed by atoms with van der Waals surface area (Å²) >= 11 is 0. The molecule has 1 amide bonds. The van der Waals surface area contributed by atoms with E-state index in [0.29, 0.717) is 18.9 Å². The summed E-state index contributed by atoms with van der Waals surface area (Å²) in [6.45, 7) is 7.46. The molecule has 2 aromatic rings. The number of hydrogen-bond donors (Lipinski definition) is 1. The first-order valence-electron chi connectivity index (χ1n) is 7.79. The van der Waals surface area contributed by atoms with Gasteiger partial charge in [0.1, 0.15) is 5.76 Å². The minimum absolute atomic E-state index is 0.000331. The van der Waals surface area contributed by atoms with Gasteiger partial charge in [-0.2, -0.15) is 0 Å². The molecule has 4 heteroatoms. The second kappa shape index (κ2) is 7.69. The van der Waals surface area contributed by atoms with E-state index in [-0.39, 0.29) is 5.91 Å². The van der Waals surface area contributed by atoms with Crippen LogP contribution in [0.2, 0.25) is 0 Å². The van der Waals surface area contributed by atoms with Crippen LogP contribution in [0.4, 0.5) is 11.4 Å². The van der Waals surface area contributed by atoms with Crippen molar-refractivity contribution in [1.29, 1.82) is 0 Å². The Balaban J connectivity index is 1.89. The minimum atomic E-state index is 0.000331. The predicted octanol–water partition coefficient (Wildman–Crippen LogP) is 4.09. The van der Waals surface area contributed by atoms with E-state index in [0.717, 1.165) is 18.0 Å². The third-order valence-electron chi connectivity index (χ3n) is 3.63. The zero-order chi connectivity index (χ0) is 15.9. The summed E-state index contributed by atoms with van der Waals surface area (Å²) in [6.07, 6.45) is 2.66. The van der Waals surface area contributed by atoms with Crippen molar-refractivity contribution >= 4 is 17.3 Å². The zero-order valence-corrected chi connectivity index (χ0v) is 13.5. The van der Waals surface area contributed by atoms with Gasteiger partial charge in [0.25, 0.3) is 0 Å². The zero-order valence-electron chi connectivity index (χ0n) is 13.5. The second-order valence-corrected chi connectivity index (χ2v) is 5.55. The van der Waals surface area contributed by atoms with Crippen LogP contribution in [0.1, 0.15) is 33.0 Å². The Labute approximate surface area is 132 Å². The number of carbonyl (C=O) groups is 1. The summed E-state index contributed by atoms with van der Waals surface area (Å²) in [6, 6.07) is 12.2. The quantitative estimate of drug-likeness (QED) is 0.838. The highest BCUT2D eigenvalue weighted by molar-refractivity contribution is 5.91. The van der Waals surface area contributed by atoms with Gasteiger partial charge in [-0.3, -0.25) is 4.79 Å². The molecule has 1 aromatic carbocycles. The van der Waals surface area contributed by atoms with Gasteiger partial charge in [0.2, 0.25) is 5.91 Å². The van der Waals surface area contributed by atoms with E-state index in [4.69, 9.17) is 4.42 Å². The maximum absolute atomic E-state index is 11.9. The Morgan fingerprint density at radius 1 is 1.23 bits per heavy atom. The van der Waals surface area contributed by atoms with Crippen molar-refractivity contribution in [3.05, 3.63) is 48.4 Å². The lowest BCUT2D eigenvalue weighted by Crippen LogP contribution is -2.30. The van der Waals surface area contributed by atoms with Crippen molar-refractivity contribution < 1.29 is 9.21 Å². The van der Waals surface area contributed by atoms with Crippen LogP contribution in [0.3, 0.4) is 0 Å². The number of amides is 1. The van der Waals surface area contributed by atoms with Gasteiger partial charge in [-0.05, 0) is 57.2 Å². The molecule has 0 fully saturated rings. The van der Waals surface area contributed by atoms with Gasteiger partial charge in [-0.25, -0.2) is 0 Å². The Morgan fingerprint density at radius 3 is 2.50 bits per heavy atom. The van der Waals surface area contributed by atoms with E-state index in [2.05, 4.69) is 31.0 Å². The van der Waals surface area contributed by atoms with E-state index >= 15 is 0 Å². The third kappa shape index (κ3) is 4.38. The van der Waals surface area contributed by atoms with Gasteiger partial charge < -0.3 is 14.6 Å². The van der Waals surface area contributed by atoms with Crippen molar-refractivity contribution in [2.45, 2.75) is 39.7 Å². The second-order valence-electron chi connectivity index (χ2n) is 5.55. The van der Waals surface area contributed by atoms with Crippen LogP contribution < -0.4 is 10.2 Å². The number of nitrogens with one attached hydrogen (secondary N) is 1. The van der Waals surface area contributed by atoms with Crippen LogP contribution in [0, 0.1) is 0 Å². The molecule has 1 N–H and O–H groups in total. The van der Waals surface area contributed by atoms with Gasteiger partial charge in [-0.1, -0.05) is 0 Å². The van der Waals surface area contributed by atoms with Crippen LogP contribution in [-0.4, -0.2) is 18.5 Å². The first kappa shape index (κ1) is 16.1. The van der Waals surface area contributed by atoms with Crippen LogP contribution >= 0.6 is 0 Å². The number of hydrogen-bond acceptors (Lipinski definition) is 3. The number of carbonyl (C=O) groups excluding carboxylic acids is 1. The van der Waals surface area contributed by atoms with Crippen molar-refractivity contribution in [2.75, 3.05) is 16.8 Å². The molecule has 2 rings (SSSR count). The molecule has 4 nitrogen and oxygen atoms in total. The first-order chi connectivity index (χ1) is 10.6. The minimum Gasteiger partial charge on any atom is -0.469 e. The number of nitrogens with zero attached hydrogens (tertiary/aromatic N) is 1. The standard InChI is InChI=1S/C18H24N2O2/c1-4-20(14(2)3)16-9-7-15(8-10-16)19-18(21)12-11-17-6-5-13-22-17/h5-10,13-14H,4,11-12H2,1-3H3,(H,19,21). The molecule has 0 atom stereocenters. The number of rotatable bonds is 7. The Hall–Kier alpha value is -2.23. The normalized spacial score (nSPS) is 10.7. The third-order valence-corrected chi connectivity index (χ3v) is 3.63. The van der Waals surface area contributed by atoms with E-state index in [1.165, 1.54) is 5.69 Å². The molecule has 0 aliphatic rings. The van der Waals surface area contributed by atoms with Crippen molar-refractivity contribution in [3.8, 4) is 0 Å². The van der Waals surface area contributed by atoms with Crippen molar-refractivity contribution in [2.24, 2.45) is 0 Å². The van der Waals surface area contributed by atoms with Crippen LogP contribution in [0.15, 0.2) is 47.1 Å². The van der Waals surface area contributed by atoms with E-state index < -0.39 is 0 Å². The molecular weight excluding hydrogens is 276 g/mol. The lowest BCUT2D eigenvalue weighted by Gasteiger charge is -2.27. The van der Waals surface area contributed by atoms with E-state index in [9.17, 15) is 4.79 Å². The molecule has 0 spiro atoms. The summed E-state index contributed by atoms with van der Waals surface area (Å²) in [7, 11) is 0. The monoisotopic (exact) mass is 300 g/mol. The van der Waals surface area contributed by atoms with E-state index in [1.54, 1.807) is 6.26 Å². The Bertz CT molecular complexity index is 574. The Kier molecular flexibility index (Phi) is 5.64. The molecule has 0 saturated carbocycles. The van der Waals surface area contributed by atoms with Crippen LogP contribution in [0.25, 0.3) is 0 Å². The smallest absolute Gasteiger partial charge is 0.224 e. The molecule has 118 valence electrons. The fourth-order valence-corrected chi connectivity index (χ4v) is 2.50. The lowest BCUT2D eigenvalue weighted by molar-refractivity contribution is -0.116. The molecule has 0 radical (unpaired) electrons. The number of aryl methyl sites for hydroxylation is 1. The molecule has 1 heterocycles. The average molecular weight is 300 g/mol. The number of benzene rings is 1. The summed E-state index contributed by atoms with van der Waals surface area (Å²) in [5.74, 6) is 0.835. The first-order valence-corrected chi connectivity index (χ1v) is 7.79. The van der Waals surface area contributed by atoms with Crippen LogP contribution in [0.5, 0.6) is 0 Å². The highest BCUT2D eigenvalue weighted by Crippen LogP contribution is 2.20. The number of anilines is 2. The maximum atomic E-state index is 11.9. The maximum Gasteiger partial charge on any atom is 0.224 e. The average Bonchev–Trinajstić information content (AvgIpc) is 3.01. The summed E-state index contributed by atoms with van der Waals surface area (Å²) in [5.41, 5.74) is 2.00. The highest BCUT2D eigenvalue weighted by Gasteiger charge is 2.09. The Morgan fingerprint density at radius 2 is 1.95 bits per heavy atom. The molecule has 0 unspecified atom stereocenters. The summed E-state index contributed by atoms with van der Waals surface area (Å²) < 4.78 is 5.23. The van der Waals surface area contributed by atoms with E-state index in [1.807, 2.05) is 36.4 Å². The SMILES string of the molecule is CCN(c1ccc(NC(=O)CCc2ccco2)cc1)C(C)C. The topological polar surface area (TPSA) is 45.5 Å². The molecule has 22 heavy (non-hydrogen) atoms.